The molecule has 1 aliphatic rings. The van der Waals surface area contributed by atoms with Crippen molar-refractivity contribution in [3.8, 4) is 0 Å². The molecular formula is C20H34IN5O2. The van der Waals surface area contributed by atoms with E-state index < -0.39 is 0 Å². The zero-order valence-corrected chi connectivity index (χ0v) is 19.7. The van der Waals surface area contributed by atoms with Crippen molar-refractivity contribution >= 4 is 35.8 Å². The van der Waals surface area contributed by atoms with Crippen LogP contribution in [-0.4, -0.2) is 82.7 Å². The maximum absolute atomic E-state index is 12.3. The van der Waals surface area contributed by atoms with Crippen LogP contribution in [0.3, 0.4) is 0 Å². The largest absolute Gasteiger partial charge is 0.381 e. The Morgan fingerprint density at radius 1 is 1.29 bits per heavy atom. The lowest BCUT2D eigenvalue weighted by Crippen LogP contribution is -2.41. The summed E-state index contributed by atoms with van der Waals surface area (Å²) in [6.45, 7) is 4.68. The monoisotopic (exact) mass is 503 g/mol. The molecule has 0 aliphatic carbocycles. The molecule has 1 aromatic rings. The minimum Gasteiger partial charge on any atom is -0.381 e. The fraction of sp³-hybridized carbons (Fsp3) is 0.600. The number of hydrogen-bond acceptors (Lipinski definition) is 4. The van der Waals surface area contributed by atoms with Crippen LogP contribution in [0, 0.1) is 5.92 Å². The van der Waals surface area contributed by atoms with E-state index in [4.69, 9.17) is 4.74 Å². The molecular weight excluding hydrogens is 469 g/mol. The molecule has 2 N–H and O–H groups in total. The molecule has 1 saturated heterocycles. The molecule has 2 rings (SSSR count). The Hall–Kier alpha value is -1.39. The van der Waals surface area contributed by atoms with Gasteiger partial charge in [0.1, 0.15) is 0 Å². The van der Waals surface area contributed by atoms with Crippen molar-refractivity contribution in [3.05, 3.63) is 35.4 Å². The summed E-state index contributed by atoms with van der Waals surface area (Å²) in [6.07, 6.45) is 1.10. The molecule has 1 heterocycles. The van der Waals surface area contributed by atoms with Crippen molar-refractivity contribution in [2.45, 2.75) is 13.0 Å². The number of benzene rings is 1. The van der Waals surface area contributed by atoms with Gasteiger partial charge in [-0.05, 0) is 38.2 Å². The number of amides is 1. The van der Waals surface area contributed by atoms with Crippen LogP contribution < -0.4 is 10.6 Å². The van der Waals surface area contributed by atoms with Crippen molar-refractivity contribution in [2.75, 3.05) is 61.0 Å². The summed E-state index contributed by atoms with van der Waals surface area (Å²) >= 11 is 0. The van der Waals surface area contributed by atoms with Gasteiger partial charge in [-0.3, -0.25) is 9.79 Å². The number of nitrogens with zero attached hydrogens (tertiary/aromatic N) is 3. The summed E-state index contributed by atoms with van der Waals surface area (Å²) in [5.41, 5.74) is 1.73. The minimum absolute atomic E-state index is 0. The van der Waals surface area contributed by atoms with Crippen molar-refractivity contribution in [2.24, 2.45) is 10.9 Å². The van der Waals surface area contributed by atoms with Crippen LogP contribution in [-0.2, 0) is 11.3 Å². The second kappa shape index (κ2) is 12.9. The average Bonchev–Trinajstić information content (AvgIpc) is 3.15. The topological polar surface area (TPSA) is 69.2 Å². The normalized spacial score (nSPS) is 16.6. The number of nitrogens with one attached hydrogen (secondary N) is 2. The van der Waals surface area contributed by atoms with Crippen molar-refractivity contribution in [1.29, 1.82) is 0 Å². The molecule has 0 saturated carbocycles. The molecule has 1 fully saturated rings. The SMILES string of the molecule is CN=C(NCc1cccc(C(=O)NCCN(C)C)c1)N(C)CC1CCOC1.I. The summed E-state index contributed by atoms with van der Waals surface area (Å²) < 4.78 is 5.45. The standard InChI is InChI=1S/C20H33N5O2.HI/c1-21-20(25(4)14-17-8-11-27-15-17)23-13-16-6-5-7-18(12-16)19(26)22-9-10-24(2)3;/h5-7,12,17H,8-11,13-15H2,1-4H3,(H,21,23)(H,22,26);1H. The molecule has 1 aliphatic heterocycles. The van der Waals surface area contributed by atoms with Gasteiger partial charge in [0.25, 0.3) is 5.91 Å². The Balaban J connectivity index is 0.00000392. The van der Waals surface area contributed by atoms with Gasteiger partial charge in [0, 0.05) is 58.4 Å². The number of guanidine groups is 1. The molecule has 1 unspecified atom stereocenters. The summed E-state index contributed by atoms with van der Waals surface area (Å²) in [5, 5.41) is 6.33. The highest BCUT2D eigenvalue weighted by atomic mass is 127. The molecule has 1 aromatic carbocycles. The lowest BCUT2D eigenvalue weighted by Gasteiger charge is -2.24. The number of likely N-dealkylation sites (N-methyl/N-ethyl adjacent to an activating group) is 1. The van der Waals surface area contributed by atoms with Gasteiger partial charge in [-0.2, -0.15) is 0 Å². The van der Waals surface area contributed by atoms with Crippen LogP contribution in [0.25, 0.3) is 0 Å². The predicted octanol–water partition coefficient (Wildman–Crippen LogP) is 1.64. The van der Waals surface area contributed by atoms with Crippen LogP contribution in [0.1, 0.15) is 22.3 Å². The first-order valence-corrected chi connectivity index (χ1v) is 9.51. The van der Waals surface area contributed by atoms with Gasteiger partial charge in [-0.1, -0.05) is 12.1 Å². The zero-order chi connectivity index (χ0) is 19.6. The number of aliphatic imine (C=N–C) groups is 1. The highest BCUT2D eigenvalue weighted by molar-refractivity contribution is 14.0. The van der Waals surface area contributed by atoms with E-state index in [2.05, 4.69) is 20.5 Å². The van der Waals surface area contributed by atoms with Gasteiger partial charge in [-0.25, -0.2) is 0 Å². The van der Waals surface area contributed by atoms with Gasteiger partial charge in [0.2, 0.25) is 0 Å². The Bertz CT molecular complexity index is 633. The van der Waals surface area contributed by atoms with Crippen molar-refractivity contribution in [3.63, 3.8) is 0 Å². The Morgan fingerprint density at radius 2 is 2.07 bits per heavy atom. The Kier molecular flexibility index (Phi) is 11.4. The fourth-order valence-corrected chi connectivity index (χ4v) is 3.08. The molecule has 0 radical (unpaired) electrons. The highest BCUT2D eigenvalue weighted by Gasteiger charge is 2.19. The van der Waals surface area contributed by atoms with E-state index >= 15 is 0 Å². The Labute approximate surface area is 185 Å². The smallest absolute Gasteiger partial charge is 0.251 e. The second-order valence-electron chi connectivity index (χ2n) is 7.27. The zero-order valence-electron chi connectivity index (χ0n) is 17.4. The third kappa shape index (κ3) is 8.32. The van der Waals surface area contributed by atoms with E-state index in [1.807, 2.05) is 50.3 Å². The van der Waals surface area contributed by atoms with Gasteiger partial charge < -0.3 is 25.2 Å². The van der Waals surface area contributed by atoms with Gasteiger partial charge >= 0.3 is 0 Å². The summed E-state index contributed by atoms with van der Waals surface area (Å²) in [6, 6.07) is 7.70. The third-order valence-corrected chi connectivity index (χ3v) is 4.61. The van der Waals surface area contributed by atoms with Crippen LogP contribution in [0.5, 0.6) is 0 Å². The second-order valence-corrected chi connectivity index (χ2v) is 7.27. The molecule has 0 bridgehead atoms. The molecule has 1 amide bonds. The molecule has 1 atom stereocenters. The van der Waals surface area contributed by atoms with Crippen LogP contribution in [0.15, 0.2) is 29.3 Å². The summed E-state index contributed by atoms with van der Waals surface area (Å²) in [4.78, 5) is 20.8. The summed E-state index contributed by atoms with van der Waals surface area (Å²) in [5.74, 6) is 1.37. The molecule has 158 valence electrons. The van der Waals surface area contributed by atoms with E-state index in [-0.39, 0.29) is 29.9 Å². The molecule has 7 nitrogen and oxygen atoms in total. The number of carbonyl (C=O) groups excluding carboxylic acids is 1. The lowest BCUT2D eigenvalue weighted by atomic mass is 10.1. The first-order chi connectivity index (χ1) is 13.0. The lowest BCUT2D eigenvalue weighted by molar-refractivity contribution is 0.0951. The Morgan fingerprint density at radius 3 is 2.71 bits per heavy atom. The quantitative estimate of drug-likeness (QED) is 0.321. The fourth-order valence-electron chi connectivity index (χ4n) is 3.08. The first kappa shape index (κ1) is 24.6. The van der Waals surface area contributed by atoms with Gasteiger partial charge in [0.15, 0.2) is 5.96 Å². The molecule has 0 aromatic heterocycles. The number of ether oxygens (including phenoxy) is 1. The van der Waals surface area contributed by atoms with Crippen LogP contribution in [0.4, 0.5) is 0 Å². The molecule has 28 heavy (non-hydrogen) atoms. The van der Waals surface area contributed by atoms with E-state index in [9.17, 15) is 4.79 Å². The number of rotatable bonds is 8. The predicted molar refractivity (Wildman–Crippen MR) is 124 cm³/mol. The maximum Gasteiger partial charge on any atom is 0.251 e. The number of hydrogen-bond donors (Lipinski definition) is 2. The van der Waals surface area contributed by atoms with E-state index in [1.54, 1.807) is 7.05 Å². The van der Waals surface area contributed by atoms with Crippen LogP contribution in [0.2, 0.25) is 0 Å². The number of carbonyl (C=O) groups is 1. The van der Waals surface area contributed by atoms with Crippen LogP contribution >= 0.6 is 24.0 Å². The van der Waals surface area contributed by atoms with Gasteiger partial charge in [-0.15, -0.1) is 24.0 Å². The maximum atomic E-state index is 12.3. The molecule has 0 spiro atoms. The third-order valence-electron chi connectivity index (χ3n) is 4.61. The average molecular weight is 503 g/mol. The van der Waals surface area contributed by atoms with E-state index in [0.29, 0.717) is 24.6 Å². The van der Waals surface area contributed by atoms with Crippen molar-refractivity contribution in [1.82, 2.24) is 20.4 Å². The van der Waals surface area contributed by atoms with E-state index in [1.165, 1.54) is 0 Å². The van der Waals surface area contributed by atoms with Crippen molar-refractivity contribution < 1.29 is 9.53 Å². The summed E-state index contributed by atoms with van der Waals surface area (Å²) in [7, 11) is 7.81. The first-order valence-electron chi connectivity index (χ1n) is 9.51. The van der Waals surface area contributed by atoms with Gasteiger partial charge in [0.05, 0.1) is 6.61 Å². The number of halogens is 1. The minimum atomic E-state index is -0.0403. The van der Waals surface area contributed by atoms with E-state index in [0.717, 1.165) is 44.2 Å². The molecule has 8 heteroatoms. The highest BCUT2D eigenvalue weighted by Crippen LogP contribution is 2.13.